The van der Waals surface area contributed by atoms with Crippen molar-refractivity contribution in [2.75, 3.05) is 17.3 Å². The Morgan fingerprint density at radius 1 is 0.545 bits per heavy atom. The van der Waals surface area contributed by atoms with Gasteiger partial charge >= 0.3 is 0 Å². The van der Waals surface area contributed by atoms with Crippen molar-refractivity contribution in [3.63, 3.8) is 0 Å². The molecule has 10 rings (SSSR count). The normalized spacial score (nSPS) is 13.3. The third-order valence-electron chi connectivity index (χ3n) is 13.0. The summed E-state index contributed by atoms with van der Waals surface area (Å²) in [7, 11) is 2.10. The maximum atomic E-state index is 4.04. The van der Waals surface area contributed by atoms with Crippen LogP contribution in [0.5, 0.6) is 0 Å². The second-order valence-corrected chi connectivity index (χ2v) is 17.5. The third kappa shape index (κ3) is 9.05. The van der Waals surface area contributed by atoms with Crippen LogP contribution in [-0.2, 0) is 5.41 Å². The van der Waals surface area contributed by atoms with Crippen molar-refractivity contribution in [2.45, 2.75) is 32.1 Å². The second-order valence-electron chi connectivity index (χ2n) is 17.5. The lowest BCUT2D eigenvalue weighted by atomic mass is 9.82. The van der Waals surface area contributed by atoms with Crippen molar-refractivity contribution >= 4 is 33.9 Å². The van der Waals surface area contributed by atoms with Gasteiger partial charge in [0.05, 0.1) is 0 Å². The van der Waals surface area contributed by atoms with Crippen LogP contribution in [0.1, 0.15) is 48.9 Å². The fraction of sp³-hybridized carbons (Fsp3) is 0.0938. The molecule has 322 valence electrons. The van der Waals surface area contributed by atoms with E-state index in [1.807, 2.05) is 30.4 Å². The first-order chi connectivity index (χ1) is 32.3. The zero-order valence-corrected chi connectivity index (χ0v) is 38.2. The number of fused-ring (bicyclic) bond motifs is 3. The molecule has 0 unspecified atom stereocenters. The minimum atomic E-state index is -0.00444. The first-order valence-electron chi connectivity index (χ1n) is 22.9. The van der Waals surface area contributed by atoms with Crippen LogP contribution in [0.25, 0.3) is 55.7 Å². The van der Waals surface area contributed by atoms with Crippen LogP contribution >= 0.6 is 0 Å². The smallest absolute Gasteiger partial charge is 0.0488 e. The van der Waals surface area contributed by atoms with Crippen LogP contribution in [0.4, 0.5) is 22.7 Å². The van der Waals surface area contributed by atoms with E-state index >= 15 is 0 Å². The summed E-state index contributed by atoms with van der Waals surface area (Å²) < 4.78 is 0. The van der Waals surface area contributed by atoms with Crippen LogP contribution in [0.2, 0.25) is 0 Å². The van der Waals surface area contributed by atoms with Gasteiger partial charge in [-0.1, -0.05) is 209 Å². The first-order valence-corrected chi connectivity index (χ1v) is 22.9. The van der Waals surface area contributed by atoms with Gasteiger partial charge in [-0.05, 0) is 128 Å². The molecular formula is C64H56N2. The molecule has 1 N–H and O–H groups in total. The monoisotopic (exact) mass is 852 g/mol. The van der Waals surface area contributed by atoms with E-state index in [1.54, 1.807) is 0 Å². The Labute approximate surface area is 392 Å². The van der Waals surface area contributed by atoms with Crippen molar-refractivity contribution in [3.05, 3.63) is 266 Å². The molecular weight excluding hydrogens is 797 g/mol. The molecule has 66 heavy (non-hydrogen) atoms. The van der Waals surface area contributed by atoms with Gasteiger partial charge in [0.15, 0.2) is 0 Å². The van der Waals surface area contributed by atoms with Gasteiger partial charge < -0.3 is 10.2 Å². The van der Waals surface area contributed by atoms with Gasteiger partial charge in [-0.25, -0.2) is 0 Å². The summed E-state index contributed by atoms with van der Waals surface area (Å²) in [5, 5.41) is 3.76. The number of benzene rings is 8. The Bertz CT molecular complexity index is 3090. The molecule has 2 nitrogen and oxygen atoms in total. The molecule has 2 aliphatic carbocycles. The highest BCUT2D eigenvalue weighted by Crippen LogP contribution is 2.49. The summed E-state index contributed by atoms with van der Waals surface area (Å²) in [6.45, 7) is 12.6. The number of anilines is 4. The topological polar surface area (TPSA) is 15.3 Å². The van der Waals surface area contributed by atoms with Gasteiger partial charge in [-0.15, -0.1) is 0 Å². The maximum Gasteiger partial charge on any atom is 0.0488 e. The molecule has 0 atom stereocenters. The fourth-order valence-corrected chi connectivity index (χ4v) is 9.37. The number of nitrogens with zero attached hydrogens (tertiary/aromatic N) is 1. The van der Waals surface area contributed by atoms with E-state index in [4.69, 9.17) is 0 Å². The van der Waals surface area contributed by atoms with Crippen LogP contribution in [0.3, 0.4) is 0 Å². The Morgan fingerprint density at radius 2 is 1.15 bits per heavy atom. The molecule has 0 bridgehead atoms. The van der Waals surface area contributed by atoms with Gasteiger partial charge in [0.2, 0.25) is 0 Å². The molecule has 0 aliphatic heterocycles. The van der Waals surface area contributed by atoms with Crippen LogP contribution in [0.15, 0.2) is 244 Å². The van der Waals surface area contributed by atoms with Crippen LogP contribution in [-0.4, -0.2) is 7.05 Å². The van der Waals surface area contributed by atoms with E-state index in [0.29, 0.717) is 0 Å². The van der Waals surface area contributed by atoms with Gasteiger partial charge in [0, 0.05) is 46.3 Å². The minimum Gasteiger partial charge on any atom is -0.355 e. The summed E-state index contributed by atoms with van der Waals surface area (Å²) >= 11 is 0. The second kappa shape index (κ2) is 19.4. The lowest BCUT2D eigenvalue weighted by molar-refractivity contribution is 0.660. The van der Waals surface area contributed by atoms with E-state index in [9.17, 15) is 0 Å². The quantitative estimate of drug-likeness (QED) is 0.130. The van der Waals surface area contributed by atoms with E-state index in [-0.39, 0.29) is 5.41 Å². The molecule has 0 radical (unpaired) electrons. The van der Waals surface area contributed by atoms with Crippen LogP contribution in [0, 0.1) is 0 Å². The zero-order valence-electron chi connectivity index (χ0n) is 38.2. The molecule has 8 aromatic rings. The van der Waals surface area contributed by atoms with Crippen molar-refractivity contribution in [3.8, 4) is 44.5 Å². The molecule has 0 amide bonds. The van der Waals surface area contributed by atoms with E-state index in [2.05, 4.69) is 244 Å². The third-order valence-corrected chi connectivity index (χ3v) is 13.0. The Balaban J connectivity index is 0.000000166. The number of hydrogen-bond acceptors (Lipinski definition) is 2. The predicted octanol–water partition coefficient (Wildman–Crippen LogP) is 17.7. The SMILES string of the molecule is C=C/C=C(\C=C)c1cc(-c2ccccc2)ccc1N(C)c1ccc(-c2ccccc2)cc1.CC1(C)c2ccccc2-c2ccc(Nc3ccc(C4=CCCC=C4)cc3-c3ccccc3)cc21. The zero-order chi connectivity index (χ0) is 45.5. The van der Waals surface area contributed by atoms with Crippen LogP contribution < -0.4 is 10.2 Å². The summed E-state index contributed by atoms with van der Waals surface area (Å²) in [5.41, 5.74) is 22.0. The molecule has 0 saturated carbocycles. The van der Waals surface area contributed by atoms with E-state index < -0.39 is 0 Å². The minimum absolute atomic E-state index is 0.00444. The highest BCUT2D eigenvalue weighted by atomic mass is 15.1. The molecule has 0 spiro atoms. The Hall–Kier alpha value is -7.94. The molecule has 0 aromatic heterocycles. The number of nitrogens with one attached hydrogen (secondary N) is 1. The summed E-state index contributed by atoms with van der Waals surface area (Å²) in [6.07, 6.45) is 14.8. The number of rotatable bonds is 11. The average Bonchev–Trinajstić information content (AvgIpc) is 3.61. The lowest BCUT2D eigenvalue weighted by Gasteiger charge is -2.24. The van der Waals surface area contributed by atoms with E-state index in [1.165, 1.54) is 66.8 Å². The summed E-state index contributed by atoms with van der Waals surface area (Å²) in [6, 6.07) is 69.3. The average molecular weight is 853 g/mol. The van der Waals surface area contributed by atoms with Gasteiger partial charge in [-0.2, -0.15) is 0 Å². The molecule has 0 fully saturated rings. The largest absolute Gasteiger partial charge is 0.355 e. The summed E-state index contributed by atoms with van der Waals surface area (Å²) in [5.74, 6) is 0. The van der Waals surface area contributed by atoms with E-state index in [0.717, 1.165) is 46.7 Å². The Morgan fingerprint density at radius 3 is 1.82 bits per heavy atom. The highest BCUT2D eigenvalue weighted by Gasteiger charge is 2.35. The lowest BCUT2D eigenvalue weighted by Crippen LogP contribution is -2.15. The predicted molar refractivity (Wildman–Crippen MR) is 286 cm³/mol. The number of allylic oxidation sites excluding steroid dienone is 8. The fourth-order valence-electron chi connectivity index (χ4n) is 9.37. The first kappa shape index (κ1) is 43.3. The van der Waals surface area contributed by atoms with Gasteiger partial charge in [0.25, 0.3) is 0 Å². The van der Waals surface area contributed by atoms with Gasteiger partial charge in [0.1, 0.15) is 0 Å². The van der Waals surface area contributed by atoms with Crippen molar-refractivity contribution < 1.29 is 0 Å². The van der Waals surface area contributed by atoms with Crippen molar-refractivity contribution in [2.24, 2.45) is 0 Å². The highest BCUT2D eigenvalue weighted by molar-refractivity contribution is 5.90. The number of hydrogen-bond donors (Lipinski definition) is 1. The Kier molecular flexibility index (Phi) is 12.8. The standard InChI is InChI=1S/C33H29N.C31H27N/c1-33(2)30-16-10-9-15-27(30)28-19-18-26(22-31(28)33)34-32-20-17-25(23-11-5-3-6-12-23)21-29(32)24-13-7-4-8-14-24;1-4-12-24(5-2)30-23-28(26-15-10-7-11-16-26)19-22-31(30)32(3)29-20-17-27(18-21-29)25-13-8-6-9-14-25/h4-5,7-22,34H,3,6H2,1-2H3;4-23H,1-2H2,3H3/b;24-12+. The maximum absolute atomic E-state index is 4.04. The molecule has 2 heteroatoms. The summed E-state index contributed by atoms with van der Waals surface area (Å²) in [4.78, 5) is 2.22. The van der Waals surface area contributed by atoms with Gasteiger partial charge in [-0.3, -0.25) is 0 Å². The molecule has 0 heterocycles. The van der Waals surface area contributed by atoms with Crippen molar-refractivity contribution in [1.82, 2.24) is 0 Å². The van der Waals surface area contributed by atoms with Crippen molar-refractivity contribution in [1.29, 1.82) is 0 Å². The molecule has 8 aromatic carbocycles. The molecule has 2 aliphatic rings. The molecule has 0 saturated heterocycles.